The number of pyridine rings is 1. The number of carboxylic acid groups (broad SMARTS) is 1. The van der Waals surface area contributed by atoms with Crippen molar-refractivity contribution in [3.8, 4) is 0 Å². The maximum atomic E-state index is 11.8. The first-order valence-electron chi connectivity index (χ1n) is 6.16. The Morgan fingerprint density at radius 2 is 2.14 bits per heavy atom. The minimum Gasteiger partial charge on any atom is -0.477 e. The fourth-order valence-corrected chi connectivity index (χ4v) is 1.81. The maximum Gasteiger partial charge on any atom is 0.341 e. The van der Waals surface area contributed by atoms with Crippen LogP contribution in [-0.4, -0.2) is 27.2 Å². The zero-order chi connectivity index (χ0) is 15.4. The molecule has 0 aromatic carbocycles. The highest BCUT2D eigenvalue weighted by Gasteiger charge is 2.25. The van der Waals surface area contributed by atoms with Crippen LogP contribution >= 0.6 is 12.4 Å². The van der Waals surface area contributed by atoms with Crippen LogP contribution in [0.3, 0.4) is 0 Å². The molecule has 0 radical (unpaired) electrons. The van der Waals surface area contributed by atoms with Crippen LogP contribution < -0.4 is 10.6 Å². The molecule has 3 N–H and O–H groups in total. The zero-order valence-corrected chi connectivity index (χ0v) is 12.7. The molecule has 0 fully saturated rings. The molecule has 8 nitrogen and oxygen atoms in total. The van der Waals surface area contributed by atoms with Crippen LogP contribution in [0.2, 0.25) is 0 Å². The van der Waals surface area contributed by atoms with Gasteiger partial charge in [0.1, 0.15) is 5.56 Å². The third-order valence-electron chi connectivity index (χ3n) is 2.76. The molecule has 2 amide bonds. The van der Waals surface area contributed by atoms with Gasteiger partial charge in [0.25, 0.3) is 0 Å². The number of halogens is 1. The van der Waals surface area contributed by atoms with E-state index in [4.69, 9.17) is 9.63 Å². The number of carbonyl (C=O) groups is 2. The Morgan fingerprint density at radius 3 is 2.73 bits per heavy atom. The van der Waals surface area contributed by atoms with Crippen molar-refractivity contribution in [2.45, 2.75) is 19.9 Å². The molecular weight excluding hydrogens is 312 g/mol. The van der Waals surface area contributed by atoms with Gasteiger partial charge in [0.15, 0.2) is 5.76 Å². The Bertz CT molecular complexity index is 659. The number of aromatic carboxylic acids is 1. The predicted octanol–water partition coefficient (Wildman–Crippen LogP) is 2.38. The average Bonchev–Trinajstić information content (AvgIpc) is 2.81. The summed E-state index contributed by atoms with van der Waals surface area (Å²) in [5, 5.41) is 17.9. The molecule has 22 heavy (non-hydrogen) atoms. The van der Waals surface area contributed by atoms with Crippen molar-refractivity contribution in [2.24, 2.45) is 0 Å². The van der Waals surface area contributed by atoms with Crippen molar-refractivity contribution in [3.63, 3.8) is 0 Å². The van der Waals surface area contributed by atoms with Gasteiger partial charge in [0.2, 0.25) is 0 Å². The Kier molecular flexibility index (Phi) is 5.88. The number of nitrogens with zero attached hydrogens (tertiary/aromatic N) is 2. The first-order valence-corrected chi connectivity index (χ1v) is 6.16. The molecule has 0 aliphatic rings. The third kappa shape index (κ3) is 3.95. The topological polar surface area (TPSA) is 117 Å². The number of aryl methyl sites for hydroxylation is 1. The summed E-state index contributed by atoms with van der Waals surface area (Å²) in [6.07, 6.45) is 3.08. The van der Waals surface area contributed by atoms with E-state index in [1.807, 2.05) is 0 Å². The number of amides is 2. The lowest BCUT2D eigenvalue weighted by molar-refractivity contribution is 0.0692. The molecule has 0 spiro atoms. The van der Waals surface area contributed by atoms with E-state index >= 15 is 0 Å². The van der Waals surface area contributed by atoms with Gasteiger partial charge in [-0.15, -0.1) is 12.4 Å². The first kappa shape index (κ1) is 17.4. The van der Waals surface area contributed by atoms with E-state index in [1.54, 1.807) is 25.3 Å². The number of carbonyl (C=O) groups excluding carboxylic acids is 1. The van der Waals surface area contributed by atoms with Crippen LogP contribution in [0, 0.1) is 6.92 Å². The number of hydrogen-bond donors (Lipinski definition) is 3. The molecule has 2 aromatic rings. The standard InChI is InChI=1S/C13H14N4O4.ClH/c1-7-10(12(18)19)11(21-17-7)8(2)15-13(20)16-9-4-3-5-14-6-9;/h3-6,8H,1-2H3,(H,18,19)(H2,15,16,20);1H/t8-;/m1./s1. The molecule has 0 saturated carbocycles. The predicted molar refractivity (Wildman–Crippen MR) is 80.3 cm³/mol. The van der Waals surface area contributed by atoms with E-state index in [1.165, 1.54) is 13.1 Å². The second-order valence-corrected chi connectivity index (χ2v) is 4.37. The summed E-state index contributed by atoms with van der Waals surface area (Å²) in [4.78, 5) is 26.8. The van der Waals surface area contributed by atoms with Crippen LogP contribution in [0.4, 0.5) is 10.5 Å². The highest BCUT2D eigenvalue weighted by atomic mass is 35.5. The molecule has 0 bridgehead atoms. The summed E-state index contributed by atoms with van der Waals surface area (Å²) in [5.74, 6) is -1.05. The van der Waals surface area contributed by atoms with Gasteiger partial charge in [-0.05, 0) is 26.0 Å². The number of urea groups is 1. The molecule has 0 aliphatic carbocycles. The Hall–Kier alpha value is -2.61. The minimum absolute atomic E-state index is 0. The number of rotatable bonds is 4. The lowest BCUT2D eigenvalue weighted by atomic mass is 10.1. The van der Waals surface area contributed by atoms with Crippen molar-refractivity contribution in [2.75, 3.05) is 5.32 Å². The molecule has 9 heteroatoms. The van der Waals surface area contributed by atoms with Gasteiger partial charge in [-0.25, -0.2) is 9.59 Å². The van der Waals surface area contributed by atoms with Gasteiger partial charge >= 0.3 is 12.0 Å². The van der Waals surface area contributed by atoms with Gasteiger partial charge in [0, 0.05) is 6.20 Å². The smallest absolute Gasteiger partial charge is 0.341 e. The van der Waals surface area contributed by atoms with E-state index < -0.39 is 18.0 Å². The lowest BCUT2D eigenvalue weighted by Gasteiger charge is -2.12. The van der Waals surface area contributed by atoms with Gasteiger partial charge in [0.05, 0.1) is 23.6 Å². The molecule has 0 unspecified atom stereocenters. The van der Waals surface area contributed by atoms with Crippen molar-refractivity contribution in [1.29, 1.82) is 0 Å². The molecule has 2 rings (SSSR count). The second-order valence-electron chi connectivity index (χ2n) is 4.37. The quantitative estimate of drug-likeness (QED) is 0.794. The van der Waals surface area contributed by atoms with E-state index in [0.717, 1.165) is 0 Å². The lowest BCUT2D eigenvalue weighted by Crippen LogP contribution is -2.31. The van der Waals surface area contributed by atoms with Gasteiger partial charge in [-0.2, -0.15) is 0 Å². The largest absolute Gasteiger partial charge is 0.477 e. The molecule has 2 aromatic heterocycles. The van der Waals surface area contributed by atoms with E-state index in [2.05, 4.69) is 20.8 Å². The minimum atomic E-state index is -1.15. The van der Waals surface area contributed by atoms with Gasteiger partial charge < -0.3 is 20.3 Å². The van der Waals surface area contributed by atoms with Gasteiger partial charge in [-0.1, -0.05) is 5.16 Å². The normalized spacial score (nSPS) is 11.2. The molecule has 1 atom stereocenters. The summed E-state index contributed by atoms with van der Waals surface area (Å²) in [6, 6.07) is 2.22. The van der Waals surface area contributed by atoms with Crippen molar-refractivity contribution in [1.82, 2.24) is 15.5 Å². The fraction of sp³-hybridized carbons (Fsp3) is 0.231. The summed E-state index contributed by atoms with van der Waals surface area (Å²) >= 11 is 0. The maximum absolute atomic E-state index is 11.8. The number of anilines is 1. The van der Waals surface area contributed by atoms with Crippen molar-refractivity contribution in [3.05, 3.63) is 41.5 Å². The summed E-state index contributed by atoms with van der Waals surface area (Å²) < 4.78 is 4.98. The molecule has 0 saturated heterocycles. The van der Waals surface area contributed by atoms with Crippen LogP contribution in [0.5, 0.6) is 0 Å². The Labute approximate surface area is 132 Å². The highest BCUT2D eigenvalue weighted by molar-refractivity contribution is 5.91. The second kappa shape index (κ2) is 7.41. The molecule has 118 valence electrons. The average molecular weight is 327 g/mol. The van der Waals surface area contributed by atoms with E-state index in [-0.39, 0.29) is 29.4 Å². The summed E-state index contributed by atoms with van der Waals surface area (Å²) in [6.45, 7) is 3.13. The molecule has 0 aliphatic heterocycles. The van der Waals surface area contributed by atoms with Crippen LogP contribution in [0.1, 0.15) is 34.8 Å². The van der Waals surface area contributed by atoms with Crippen molar-refractivity contribution >= 4 is 30.1 Å². The number of aromatic nitrogens is 2. The van der Waals surface area contributed by atoms with E-state index in [0.29, 0.717) is 5.69 Å². The van der Waals surface area contributed by atoms with Gasteiger partial charge in [-0.3, -0.25) is 4.98 Å². The van der Waals surface area contributed by atoms with Crippen LogP contribution in [-0.2, 0) is 0 Å². The van der Waals surface area contributed by atoms with Crippen molar-refractivity contribution < 1.29 is 19.2 Å². The number of hydrogen-bond acceptors (Lipinski definition) is 5. The van der Waals surface area contributed by atoms with E-state index in [9.17, 15) is 9.59 Å². The van der Waals surface area contributed by atoms with Crippen LogP contribution in [0.25, 0.3) is 0 Å². The fourth-order valence-electron chi connectivity index (χ4n) is 1.81. The number of carboxylic acids is 1. The summed E-state index contributed by atoms with van der Waals surface area (Å²) in [5.41, 5.74) is 0.748. The Balaban J connectivity index is 0.00000242. The SMILES string of the molecule is Cc1noc([C@@H](C)NC(=O)Nc2cccnc2)c1C(=O)O.Cl. The molecule has 2 heterocycles. The zero-order valence-electron chi connectivity index (χ0n) is 11.9. The van der Waals surface area contributed by atoms with Crippen LogP contribution in [0.15, 0.2) is 29.0 Å². The first-order chi connectivity index (χ1) is 9.99. The Morgan fingerprint density at radius 1 is 1.41 bits per heavy atom. The highest BCUT2D eigenvalue weighted by Crippen LogP contribution is 2.21. The molecular formula is C13H15ClN4O4. The number of nitrogens with one attached hydrogen (secondary N) is 2. The monoisotopic (exact) mass is 326 g/mol. The third-order valence-corrected chi connectivity index (χ3v) is 2.76. The summed E-state index contributed by atoms with van der Waals surface area (Å²) in [7, 11) is 0.